The van der Waals surface area contributed by atoms with Gasteiger partial charge in [0.25, 0.3) is 0 Å². The lowest BCUT2D eigenvalue weighted by atomic mass is 10.0. The number of aldehydes is 1. The number of halogens is 3. The normalized spacial score (nSPS) is 12.3. The molecule has 0 bridgehead atoms. The highest BCUT2D eigenvalue weighted by Crippen LogP contribution is 2.30. The molecule has 2 N–H and O–H groups in total. The Labute approximate surface area is 98.4 Å². The number of alkyl halides is 2. The van der Waals surface area contributed by atoms with Crippen LogP contribution in [-0.4, -0.2) is 29.1 Å². The summed E-state index contributed by atoms with van der Waals surface area (Å²) in [7, 11) is 0. The molecule has 5 nitrogen and oxygen atoms in total. The largest absolute Gasteiger partial charge is 0.479 e. The van der Waals surface area contributed by atoms with Crippen molar-refractivity contribution in [1.82, 2.24) is 0 Å². The van der Waals surface area contributed by atoms with Gasteiger partial charge in [-0.1, -0.05) is 6.07 Å². The van der Waals surface area contributed by atoms with Crippen LogP contribution in [0, 0.1) is 5.82 Å². The molecule has 0 aliphatic carbocycles. The molecule has 98 valence electrons. The van der Waals surface area contributed by atoms with Crippen LogP contribution >= 0.6 is 0 Å². The smallest absolute Gasteiger partial charge is 0.387 e. The van der Waals surface area contributed by atoms with Gasteiger partial charge < -0.3 is 14.9 Å². The zero-order valence-electron chi connectivity index (χ0n) is 8.64. The van der Waals surface area contributed by atoms with Crippen LogP contribution in [0.4, 0.5) is 13.2 Å². The van der Waals surface area contributed by atoms with Gasteiger partial charge in [0.15, 0.2) is 24.0 Å². The van der Waals surface area contributed by atoms with E-state index >= 15 is 0 Å². The molecule has 1 rings (SSSR count). The van der Waals surface area contributed by atoms with Crippen molar-refractivity contribution in [2.24, 2.45) is 0 Å². The third-order valence-corrected chi connectivity index (χ3v) is 2.04. The topological polar surface area (TPSA) is 83.8 Å². The van der Waals surface area contributed by atoms with E-state index in [4.69, 9.17) is 5.11 Å². The number of hydrogen-bond donors (Lipinski definition) is 2. The molecule has 0 radical (unpaired) electrons. The Kier molecular flexibility index (Phi) is 4.27. The Morgan fingerprint density at radius 3 is 2.44 bits per heavy atom. The Hall–Kier alpha value is -2.09. The Balaban J connectivity index is 3.37. The van der Waals surface area contributed by atoms with Crippen molar-refractivity contribution in [3.8, 4) is 5.75 Å². The summed E-state index contributed by atoms with van der Waals surface area (Å²) in [5, 5.41) is 17.8. The van der Waals surface area contributed by atoms with E-state index in [1.807, 2.05) is 0 Å². The van der Waals surface area contributed by atoms with E-state index in [0.29, 0.717) is 6.07 Å². The number of benzene rings is 1. The van der Waals surface area contributed by atoms with Gasteiger partial charge in [0, 0.05) is 5.56 Å². The van der Waals surface area contributed by atoms with Gasteiger partial charge in [-0.3, -0.25) is 4.79 Å². The highest BCUT2D eigenvalue weighted by atomic mass is 19.3. The molecule has 0 fully saturated rings. The number of carbonyl (C=O) groups excluding carboxylic acids is 1. The van der Waals surface area contributed by atoms with Gasteiger partial charge in [-0.15, -0.1) is 0 Å². The lowest BCUT2D eigenvalue weighted by Crippen LogP contribution is -2.15. The van der Waals surface area contributed by atoms with E-state index in [-0.39, 0.29) is 6.29 Å². The van der Waals surface area contributed by atoms with Crippen molar-refractivity contribution in [2.75, 3.05) is 0 Å². The number of rotatable bonds is 5. The average molecular weight is 264 g/mol. The molecule has 1 unspecified atom stereocenters. The third kappa shape index (κ3) is 2.77. The summed E-state index contributed by atoms with van der Waals surface area (Å²) < 4.78 is 41.0. The molecule has 0 saturated carbocycles. The second kappa shape index (κ2) is 5.50. The molecule has 0 spiro atoms. The van der Waals surface area contributed by atoms with Gasteiger partial charge >= 0.3 is 12.6 Å². The highest BCUT2D eigenvalue weighted by Gasteiger charge is 2.25. The van der Waals surface area contributed by atoms with Crippen LogP contribution in [0.15, 0.2) is 12.1 Å². The summed E-state index contributed by atoms with van der Waals surface area (Å²) in [6, 6.07) is 1.42. The second-order valence-electron chi connectivity index (χ2n) is 3.12. The molecule has 1 aromatic rings. The monoisotopic (exact) mass is 264 g/mol. The molecule has 0 heterocycles. The first kappa shape index (κ1) is 14.0. The maximum atomic E-state index is 13.2. The maximum Gasteiger partial charge on any atom is 0.387 e. The maximum absolute atomic E-state index is 13.2. The first-order valence-electron chi connectivity index (χ1n) is 4.51. The van der Waals surface area contributed by atoms with Crippen LogP contribution in [0.3, 0.4) is 0 Å². The van der Waals surface area contributed by atoms with Gasteiger partial charge in [-0.25, -0.2) is 9.18 Å². The minimum absolute atomic E-state index is 0.0672. The Bertz CT molecular complexity index is 475. The summed E-state index contributed by atoms with van der Waals surface area (Å²) >= 11 is 0. The summed E-state index contributed by atoms with van der Waals surface area (Å²) in [5.74, 6) is -4.08. The van der Waals surface area contributed by atoms with E-state index < -0.39 is 41.4 Å². The molecular formula is C10H7F3O5. The fourth-order valence-corrected chi connectivity index (χ4v) is 1.29. The number of aliphatic hydroxyl groups is 1. The fraction of sp³-hybridized carbons (Fsp3) is 0.200. The molecule has 0 aromatic heterocycles. The molecule has 0 aliphatic rings. The molecular weight excluding hydrogens is 257 g/mol. The Morgan fingerprint density at radius 1 is 1.39 bits per heavy atom. The first-order valence-corrected chi connectivity index (χ1v) is 4.51. The van der Waals surface area contributed by atoms with E-state index in [0.717, 1.165) is 6.07 Å². The molecule has 18 heavy (non-hydrogen) atoms. The molecule has 8 heteroatoms. The van der Waals surface area contributed by atoms with Crippen LogP contribution in [-0.2, 0) is 4.79 Å². The van der Waals surface area contributed by atoms with Crippen molar-refractivity contribution in [2.45, 2.75) is 12.7 Å². The quantitative estimate of drug-likeness (QED) is 0.784. The summed E-state index contributed by atoms with van der Waals surface area (Å²) in [4.78, 5) is 21.3. The van der Waals surface area contributed by atoms with Crippen molar-refractivity contribution in [3.63, 3.8) is 0 Å². The highest BCUT2D eigenvalue weighted by molar-refractivity contribution is 5.86. The van der Waals surface area contributed by atoms with Crippen molar-refractivity contribution < 1.29 is 37.7 Å². The molecule has 0 aliphatic heterocycles. The van der Waals surface area contributed by atoms with Crippen LogP contribution in [0.1, 0.15) is 22.0 Å². The summed E-state index contributed by atoms with van der Waals surface area (Å²) in [5.41, 5.74) is -1.31. The minimum Gasteiger partial charge on any atom is -0.479 e. The number of aliphatic carboxylic acids is 1. The van der Waals surface area contributed by atoms with Gasteiger partial charge in [-0.2, -0.15) is 8.78 Å². The number of hydrogen-bond acceptors (Lipinski definition) is 4. The van der Waals surface area contributed by atoms with Crippen LogP contribution in [0.5, 0.6) is 5.75 Å². The van der Waals surface area contributed by atoms with Crippen molar-refractivity contribution in [3.05, 3.63) is 29.1 Å². The summed E-state index contributed by atoms with van der Waals surface area (Å²) in [6.07, 6.45) is -2.21. The lowest BCUT2D eigenvalue weighted by molar-refractivity contribution is -0.146. The molecule has 1 atom stereocenters. The van der Waals surface area contributed by atoms with E-state index in [1.165, 1.54) is 0 Å². The molecule has 0 amide bonds. The second-order valence-corrected chi connectivity index (χ2v) is 3.12. The molecule has 0 saturated heterocycles. The predicted octanol–water partition coefficient (Wildman–Crippen LogP) is 1.36. The van der Waals surface area contributed by atoms with Gasteiger partial charge in [0.2, 0.25) is 0 Å². The first-order chi connectivity index (χ1) is 8.38. The number of aliphatic hydroxyl groups excluding tert-OH is 1. The fourth-order valence-electron chi connectivity index (χ4n) is 1.29. The SMILES string of the molecule is O=Cc1c(C(O)C(=O)O)ccc(F)c1OC(F)F. The third-order valence-electron chi connectivity index (χ3n) is 2.04. The predicted molar refractivity (Wildman–Crippen MR) is 51.0 cm³/mol. The van der Waals surface area contributed by atoms with E-state index in [9.17, 15) is 27.9 Å². The lowest BCUT2D eigenvalue weighted by Gasteiger charge is -2.13. The number of carboxylic acids is 1. The van der Waals surface area contributed by atoms with Crippen LogP contribution < -0.4 is 4.74 Å². The van der Waals surface area contributed by atoms with E-state index in [2.05, 4.69) is 4.74 Å². The average Bonchev–Trinajstić information content (AvgIpc) is 2.30. The number of ether oxygens (including phenoxy) is 1. The number of carboxylic acid groups (broad SMARTS) is 1. The number of carbonyl (C=O) groups is 2. The van der Waals surface area contributed by atoms with Gasteiger partial charge in [-0.05, 0) is 6.07 Å². The zero-order chi connectivity index (χ0) is 13.9. The Morgan fingerprint density at radius 2 is 2.00 bits per heavy atom. The van der Waals surface area contributed by atoms with Crippen LogP contribution in [0.25, 0.3) is 0 Å². The van der Waals surface area contributed by atoms with Gasteiger partial charge in [0.05, 0.1) is 5.56 Å². The zero-order valence-corrected chi connectivity index (χ0v) is 8.64. The van der Waals surface area contributed by atoms with Crippen molar-refractivity contribution >= 4 is 12.3 Å². The molecule has 1 aromatic carbocycles. The van der Waals surface area contributed by atoms with E-state index in [1.54, 1.807) is 0 Å². The minimum atomic E-state index is -3.39. The van der Waals surface area contributed by atoms with Crippen LogP contribution in [0.2, 0.25) is 0 Å². The standard InChI is InChI=1S/C10H7F3O5/c11-6-2-1-4(7(15)9(16)17)5(3-14)8(6)18-10(12)13/h1-3,7,10,15H,(H,16,17). The van der Waals surface area contributed by atoms with Gasteiger partial charge in [0.1, 0.15) is 0 Å². The van der Waals surface area contributed by atoms with Crippen molar-refractivity contribution in [1.29, 1.82) is 0 Å². The summed E-state index contributed by atoms with van der Waals surface area (Å²) in [6.45, 7) is -3.39.